The van der Waals surface area contributed by atoms with E-state index < -0.39 is 0 Å². The summed E-state index contributed by atoms with van der Waals surface area (Å²) in [4.78, 5) is 13.4. The average Bonchev–Trinajstić information content (AvgIpc) is 3.11. The van der Waals surface area contributed by atoms with Gasteiger partial charge >= 0.3 is 0 Å². The van der Waals surface area contributed by atoms with Crippen LogP contribution < -0.4 is 14.5 Å². The Bertz CT molecular complexity index is 870. The van der Waals surface area contributed by atoms with E-state index in [9.17, 15) is 0 Å². The summed E-state index contributed by atoms with van der Waals surface area (Å²) in [7, 11) is 1.71. The third-order valence-electron chi connectivity index (χ3n) is 4.59. The number of para-hydroxylation sites is 2. The maximum absolute atomic E-state index is 5.49. The molecule has 0 spiro atoms. The summed E-state index contributed by atoms with van der Waals surface area (Å²) in [5, 5.41) is 8.45. The van der Waals surface area contributed by atoms with Crippen LogP contribution in [0.25, 0.3) is 11.2 Å². The molecule has 0 amide bonds. The van der Waals surface area contributed by atoms with Gasteiger partial charge in [-0.05, 0) is 19.1 Å². The molecule has 25 heavy (non-hydrogen) atoms. The van der Waals surface area contributed by atoms with Crippen LogP contribution in [0.1, 0.15) is 6.92 Å². The van der Waals surface area contributed by atoms with Gasteiger partial charge in [-0.2, -0.15) is 0 Å². The fourth-order valence-corrected chi connectivity index (χ4v) is 3.27. The van der Waals surface area contributed by atoms with Gasteiger partial charge in [0.25, 0.3) is 0 Å². The summed E-state index contributed by atoms with van der Waals surface area (Å²) < 4.78 is 7.28. The highest BCUT2D eigenvalue weighted by atomic mass is 16.5. The normalized spacial score (nSPS) is 15.0. The van der Waals surface area contributed by atoms with E-state index in [0.29, 0.717) is 0 Å². The highest BCUT2D eigenvalue weighted by Gasteiger charge is 2.23. The van der Waals surface area contributed by atoms with Crippen LogP contribution in [0.4, 0.5) is 11.5 Å². The number of aryl methyl sites for hydroxylation is 1. The molecule has 0 bridgehead atoms. The second-order valence-corrected chi connectivity index (χ2v) is 5.92. The van der Waals surface area contributed by atoms with Crippen molar-refractivity contribution in [2.24, 2.45) is 0 Å². The molecule has 0 saturated carbocycles. The molecule has 1 aliphatic heterocycles. The first-order valence-electron chi connectivity index (χ1n) is 8.49. The van der Waals surface area contributed by atoms with Gasteiger partial charge in [-0.25, -0.2) is 14.6 Å². The van der Waals surface area contributed by atoms with Crippen LogP contribution in [-0.4, -0.2) is 58.3 Å². The summed E-state index contributed by atoms with van der Waals surface area (Å²) in [6, 6.07) is 8.14. The Morgan fingerprint density at radius 3 is 2.56 bits per heavy atom. The van der Waals surface area contributed by atoms with Gasteiger partial charge < -0.3 is 14.5 Å². The van der Waals surface area contributed by atoms with Gasteiger partial charge in [-0.15, -0.1) is 5.10 Å². The number of hydrogen-bond donors (Lipinski definition) is 0. The molecule has 1 aliphatic rings. The Kier molecular flexibility index (Phi) is 4.09. The maximum Gasteiger partial charge on any atom is 0.183 e. The quantitative estimate of drug-likeness (QED) is 0.714. The highest BCUT2D eigenvalue weighted by Crippen LogP contribution is 2.29. The predicted molar refractivity (Wildman–Crippen MR) is 96.2 cm³/mol. The average molecular weight is 339 g/mol. The lowest BCUT2D eigenvalue weighted by atomic mass is 10.2. The molecule has 3 heterocycles. The lowest BCUT2D eigenvalue weighted by Crippen LogP contribution is -2.47. The Morgan fingerprint density at radius 2 is 1.80 bits per heavy atom. The monoisotopic (exact) mass is 339 g/mol. The van der Waals surface area contributed by atoms with Crippen LogP contribution in [0.2, 0.25) is 0 Å². The maximum atomic E-state index is 5.49. The molecular formula is C17H21N7O. The third-order valence-corrected chi connectivity index (χ3v) is 4.59. The van der Waals surface area contributed by atoms with E-state index >= 15 is 0 Å². The van der Waals surface area contributed by atoms with Crippen LogP contribution in [0.15, 0.2) is 30.6 Å². The highest BCUT2D eigenvalue weighted by molar-refractivity contribution is 5.82. The molecule has 0 N–H and O–H groups in total. The number of ether oxygens (including phenoxy) is 1. The number of nitrogens with zero attached hydrogens (tertiary/aromatic N) is 7. The van der Waals surface area contributed by atoms with Crippen molar-refractivity contribution in [1.82, 2.24) is 25.0 Å². The summed E-state index contributed by atoms with van der Waals surface area (Å²) >= 11 is 0. The number of anilines is 2. The van der Waals surface area contributed by atoms with Crippen LogP contribution in [0, 0.1) is 0 Å². The van der Waals surface area contributed by atoms with Crippen molar-refractivity contribution in [2.75, 3.05) is 43.1 Å². The van der Waals surface area contributed by atoms with Crippen molar-refractivity contribution in [1.29, 1.82) is 0 Å². The van der Waals surface area contributed by atoms with E-state index in [1.54, 1.807) is 18.1 Å². The van der Waals surface area contributed by atoms with Crippen molar-refractivity contribution in [3.63, 3.8) is 0 Å². The summed E-state index contributed by atoms with van der Waals surface area (Å²) in [6.07, 6.45) is 1.60. The first kappa shape index (κ1) is 15.6. The van der Waals surface area contributed by atoms with Crippen LogP contribution in [0.3, 0.4) is 0 Å². The van der Waals surface area contributed by atoms with Crippen LogP contribution in [-0.2, 0) is 6.54 Å². The van der Waals surface area contributed by atoms with Crippen LogP contribution in [0.5, 0.6) is 5.75 Å². The SMILES string of the molecule is CCn1nnc2c(N3CCN(c4ccccc4OC)CC3)ncnc21. The fourth-order valence-electron chi connectivity index (χ4n) is 3.27. The van der Waals surface area contributed by atoms with Gasteiger partial charge in [0.05, 0.1) is 12.8 Å². The van der Waals surface area contributed by atoms with Crippen molar-refractivity contribution >= 4 is 22.7 Å². The van der Waals surface area contributed by atoms with Crippen molar-refractivity contribution in [3.8, 4) is 5.75 Å². The molecule has 3 aromatic rings. The van der Waals surface area contributed by atoms with Crippen molar-refractivity contribution in [3.05, 3.63) is 30.6 Å². The Morgan fingerprint density at radius 1 is 1.04 bits per heavy atom. The molecule has 0 radical (unpaired) electrons. The molecule has 8 heteroatoms. The molecule has 0 aliphatic carbocycles. The Hall–Kier alpha value is -2.90. The van der Waals surface area contributed by atoms with Crippen molar-refractivity contribution < 1.29 is 4.74 Å². The number of aromatic nitrogens is 5. The van der Waals surface area contributed by atoms with Gasteiger partial charge in [0, 0.05) is 32.7 Å². The lowest BCUT2D eigenvalue weighted by molar-refractivity contribution is 0.413. The minimum atomic E-state index is 0.745. The molecule has 1 fully saturated rings. The molecule has 0 unspecified atom stereocenters. The largest absolute Gasteiger partial charge is 0.495 e. The number of rotatable bonds is 4. The Balaban J connectivity index is 1.55. The molecule has 8 nitrogen and oxygen atoms in total. The minimum absolute atomic E-state index is 0.745. The standard InChI is InChI=1S/C17H21N7O/c1-3-24-17-15(20-21-24)16(18-12-19-17)23-10-8-22(9-11-23)13-6-4-5-7-14(13)25-2/h4-7,12H,3,8-11H2,1-2H3. The predicted octanol–water partition coefficient (Wildman–Crippen LogP) is 1.58. The molecule has 130 valence electrons. The number of piperazine rings is 1. The number of fused-ring (bicyclic) bond motifs is 1. The van der Waals surface area contributed by atoms with E-state index in [1.807, 2.05) is 25.1 Å². The van der Waals surface area contributed by atoms with E-state index in [2.05, 4.69) is 36.1 Å². The number of benzene rings is 1. The number of hydrogen-bond acceptors (Lipinski definition) is 7. The van der Waals surface area contributed by atoms with Crippen LogP contribution >= 0.6 is 0 Å². The summed E-state index contributed by atoms with van der Waals surface area (Å²) in [5.41, 5.74) is 2.70. The second-order valence-electron chi connectivity index (χ2n) is 5.92. The zero-order chi connectivity index (χ0) is 17.2. The zero-order valence-electron chi connectivity index (χ0n) is 14.5. The molecular weight excluding hydrogens is 318 g/mol. The summed E-state index contributed by atoms with van der Waals surface area (Å²) in [5.74, 6) is 1.77. The van der Waals surface area contributed by atoms with E-state index in [1.165, 1.54) is 0 Å². The van der Waals surface area contributed by atoms with Gasteiger partial charge in [-0.3, -0.25) is 0 Å². The summed E-state index contributed by atoms with van der Waals surface area (Å²) in [6.45, 7) is 6.30. The first-order chi connectivity index (χ1) is 12.3. The molecule has 1 saturated heterocycles. The van der Waals surface area contributed by atoms with Crippen molar-refractivity contribution in [2.45, 2.75) is 13.5 Å². The van der Waals surface area contributed by atoms with E-state index in [0.717, 1.165) is 61.1 Å². The second kappa shape index (κ2) is 6.54. The third kappa shape index (κ3) is 2.73. The van der Waals surface area contributed by atoms with Gasteiger partial charge in [0.2, 0.25) is 0 Å². The van der Waals surface area contributed by atoms with Gasteiger partial charge in [0.15, 0.2) is 17.0 Å². The smallest absolute Gasteiger partial charge is 0.183 e. The fraction of sp³-hybridized carbons (Fsp3) is 0.412. The van der Waals surface area contributed by atoms with Gasteiger partial charge in [0.1, 0.15) is 12.1 Å². The van der Waals surface area contributed by atoms with E-state index in [4.69, 9.17) is 4.74 Å². The molecule has 2 aromatic heterocycles. The molecule has 4 rings (SSSR count). The molecule has 1 aromatic carbocycles. The number of methoxy groups -OCH3 is 1. The first-order valence-corrected chi connectivity index (χ1v) is 8.49. The van der Waals surface area contributed by atoms with E-state index in [-0.39, 0.29) is 0 Å². The minimum Gasteiger partial charge on any atom is -0.495 e. The lowest BCUT2D eigenvalue weighted by Gasteiger charge is -2.37. The molecule has 0 atom stereocenters. The van der Waals surface area contributed by atoms with Gasteiger partial charge in [-0.1, -0.05) is 17.3 Å². The Labute approximate surface area is 146 Å². The topological polar surface area (TPSA) is 72.2 Å². The zero-order valence-corrected chi connectivity index (χ0v) is 14.5.